The van der Waals surface area contributed by atoms with Crippen molar-refractivity contribution in [3.63, 3.8) is 0 Å². The van der Waals surface area contributed by atoms with Crippen LogP contribution in [0.1, 0.15) is 20.8 Å². The first kappa shape index (κ1) is 18.6. The van der Waals surface area contributed by atoms with Gasteiger partial charge in [-0.3, -0.25) is 0 Å². The Morgan fingerprint density at radius 1 is 1.05 bits per heavy atom. The van der Waals surface area contributed by atoms with E-state index in [0.29, 0.717) is 11.1 Å². The van der Waals surface area contributed by atoms with Crippen molar-refractivity contribution in [1.29, 1.82) is 0 Å². The molecule has 1 unspecified atom stereocenters. The van der Waals surface area contributed by atoms with E-state index in [1.165, 1.54) is 0 Å². The van der Waals surface area contributed by atoms with Gasteiger partial charge in [0.05, 0.1) is 6.10 Å². The van der Waals surface area contributed by atoms with E-state index in [4.69, 9.17) is 13.9 Å². The number of hydrogen-bond acceptors (Lipinski definition) is 5. The van der Waals surface area contributed by atoms with Crippen LogP contribution < -0.4 is 0 Å². The van der Waals surface area contributed by atoms with Gasteiger partial charge in [-0.05, 0) is 33.9 Å². The molecule has 0 rings (SSSR count). The summed E-state index contributed by atoms with van der Waals surface area (Å²) < 4.78 is 15.9. The van der Waals surface area contributed by atoms with Gasteiger partial charge in [-0.25, -0.2) is 9.59 Å². The van der Waals surface area contributed by atoms with Crippen LogP contribution in [0.15, 0.2) is 24.3 Å². The van der Waals surface area contributed by atoms with E-state index in [0.717, 1.165) is 0 Å². The van der Waals surface area contributed by atoms with E-state index in [9.17, 15) is 9.59 Å². The summed E-state index contributed by atoms with van der Waals surface area (Å²) >= 11 is 0. The molecule has 5 nitrogen and oxygen atoms in total. The summed E-state index contributed by atoms with van der Waals surface area (Å²) in [5, 5.41) is 0. The second kappa shape index (κ2) is 8.01. The van der Waals surface area contributed by atoms with Gasteiger partial charge >= 0.3 is 11.9 Å². The second-order valence-electron chi connectivity index (χ2n) is 5.42. The van der Waals surface area contributed by atoms with Crippen molar-refractivity contribution < 1.29 is 23.5 Å². The number of ether oxygens (including phenoxy) is 2. The molecule has 0 spiro atoms. The minimum Gasteiger partial charge on any atom is -0.463 e. The topological polar surface area (TPSA) is 61.8 Å². The molecular weight excluding hydrogens is 276 g/mol. The lowest BCUT2D eigenvalue weighted by Gasteiger charge is -2.26. The number of rotatable bonds is 8. The van der Waals surface area contributed by atoms with Gasteiger partial charge in [-0.15, -0.1) is 0 Å². The SMILES string of the molecule is C=C(C)C(=O)OCC(C)O[Si](C)(C)COC(=O)C(=C)C. The Morgan fingerprint density at radius 3 is 1.95 bits per heavy atom. The van der Waals surface area contributed by atoms with Gasteiger partial charge in [-0.1, -0.05) is 13.2 Å². The third-order valence-electron chi connectivity index (χ3n) is 2.22. The summed E-state index contributed by atoms with van der Waals surface area (Å²) in [7, 11) is -2.17. The second-order valence-corrected chi connectivity index (χ2v) is 9.47. The summed E-state index contributed by atoms with van der Waals surface area (Å²) in [6.07, 6.45) is -0.0271. The molecule has 0 heterocycles. The minimum atomic E-state index is -2.17. The summed E-state index contributed by atoms with van der Waals surface area (Å²) in [5.41, 5.74) is 0.710. The van der Waals surface area contributed by atoms with Crippen LogP contribution in [0.5, 0.6) is 0 Å². The Balaban J connectivity index is 4.18. The van der Waals surface area contributed by atoms with E-state index in [-0.39, 0.29) is 18.9 Å². The standard InChI is InChI=1S/C14H24O5Si/c1-10(2)13(15)17-8-12(5)19-20(6,7)9-18-14(16)11(3)4/h12H,1,3,8-9H2,2,4-7H3. The van der Waals surface area contributed by atoms with Crippen LogP contribution in [0, 0.1) is 0 Å². The van der Waals surface area contributed by atoms with Crippen LogP contribution in [0.25, 0.3) is 0 Å². The van der Waals surface area contributed by atoms with Crippen LogP contribution in [0.2, 0.25) is 13.1 Å². The zero-order chi connectivity index (χ0) is 15.9. The van der Waals surface area contributed by atoms with Gasteiger partial charge in [0.1, 0.15) is 12.8 Å². The van der Waals surface area contributed by atoms with Crippen molar-refractivity contribution in [3.05, 3.63) is 24.3 Å². The predicted octanol–water partition coefficient (Wildman–Crippen LogP) is 2.37. The molecule has 0 aliphatic heterocycles. The number of carbonyl (C=O) groups excluding carboxylic acids is 2. The third kappa shape index (κ3) is 7.91. The molecule has 0 N–H and O–H groups in total. The molecular formula is C14H24O5Si. The smallest absolute Gasteiger partial charge is 0.333 e. The molecule has 0 aromatic heterocycles. The quantitative estimate of drug-likeness (QED) is 0.391. The zero-order valence-electron chi connectivity index (χ0n) is 12.9. The van der Waals surface area contributed by atoms with Crippen molar-refractivity contribution >= 4 is 20.3 Å². The van der Waals surface area contributed by atoms with Crippen molar-refractivity contribution in [2.75, 3.05) is 12.8 Å². The Labute approximate surface area is 121 Å². The lowest BCUT2D eigenvalue weighted by Crippen LogP contribution is -2.42. The molecule has 0 saturated carbocycles. The lowest BCUT2D eigenvalue weighted by molar-refractivity contribution is -0.141. The van der Waals surface area contributed by atoms with Gasteiger partial charge < -0.3 is 13.9 Å². The molecule has 0 aromatic carbocycles. The average Bonchev–Trinajstić information content (AvgIpc) is 2.32. The number of carbonyl (C=O) groups is 2. The maximum absolute atomic E-state index is 11.3. The molecule has 0 aromatic rings. The van der Waals surface area contributed by atoms with Gasteiger partial charge in [-0.2, -0.15) is 0 Å². The molecule has 6 heteroatoms. The average molecular weight is 300 g/mol. The Kier molecular flexibility index (Phi) is 7.45. The first-order valence-corrected chi connectivity index (χ1v) is 9.50. The molecule has 0 fully saturated rings. The molecule has 0 amide bonds. The van der Waals surface area contributed by atoms with Gasteiger partial charge in [0.15, 0.2) is 0 Å². The molecule has 114 valence electrons. The highest BCUT2D eigenvalue weighted by atomic mass is 28.4. The lowest BCUT2D eigenvalue weighted by atomic mass is 10.3. The zero-order valence-corrected chi connectivity index (χ0v) is 13.9. The van der Waals surface area contributed by atoms with Crippen molar-refractivity contribution in [2.45, 2.75) is 40.0 Å². The molecule has 0 radical (unpaired) electrons. The molecule has 0 saturated heterocycles. The molecule has 0 aliphatic carbocycles. The monoisotopic (exact) mass is 300 g/mol. The maximum atomic E-state index is 11.3. The minimum absolute atomic E-state index is 0.149. The summed E-state index contributed by atoms with van der Waals surface area (Å²) in [6, 6.07) is 0. The van der Waals surface area contributed by atoms with Gasteiger partial charge in [0, 0.05) is 11.1 Å². The largest absolute Gasteiger partial charge is 0.463 e. The van der Waals surface area contributed by atoms with Crippen LogP contribution in [-0.4, -0.2) is 39.2 Å². The Morgan fingerprint density at radius 2 is 1.50 bits per heavy atom. The predicted molar refractivity (Wildman–Crippen MR) is 79.6 cm³/mol. The van der Waals surface area contributed by atoms with Crippen molar-refractivity contribution in [1.82, 2.24) is 0 Å². The van der Waals surface area contributed by atoms with Crippen LogP contribution >= 0.6 is 0 Å². The van der Waals surface area contributed by atoms with E-state index in [1.807, 2.05) is 13.1 Å². The van der Waals surface area contributed by atoms with E-state index >= 15 is 0 Å². The van der Waals surface area contributed by atoms with Gasteiger partial charge in [0.25, 0.3) is 0 Å². The highest BCUT2D eigenvalue weighted by Crippen LogP contribution is 2.10. The first-order chi connectivity index (χ1) is 9.05. The van der Waals surface area contributed by atoms with E-state index in [1.54, 1.807) is 20.8 Å². The van der Waals surface area contributed by atoms with Crippen LogP contribution in [0.3, 0.4) is 0 Å². The Bertz CT molecular complexity index is 400. The van der Waals surface area contributed by atoms with E-state index in [2.05, 4.69) is 13.2 Å². The Hall–Kier alpha value is -1.40. The molecule has 0 aliphatic rings. The summed E-state index contributed by atoms with van der Waals surface area (Å²) in [5.74, 6) is -0.857. The number of esters is 2. The summed E-state index contributed by atoms with van der Waals surface area (Å²) in [6.45, 7) is 16.0. The van der Waals surface area contributed by atoms with Crippen LogP contribution in [0.4, 0.5) is 0 Å². The maximum Gasteiger partial charge on any atom is 0.333 e. The third-order valence-corrected chi connectivity index (χ3v) is 4.10. The van der Waals surface area contributed by atoms with Crippen molar-refractivity contribution in [2.24, 2.45) is 0 Å². The molecule has 0 bridgehead atoms. The fourth-order valence-corrected chi connectivity index (χ4v) is 3.00. The van der Waals surface area contributed by atoms with Crippen molar-refractivity contribution in [3.8, 4) is 0 Å². The highest BCUT2D eigenvalue weighted by molar-refractivity contribution is 6.71. The first-order valence-electron chi connectivity index (χ1n) is 6.38. The van der Waals surface area contributed by atoms with E-state index < -0.39 is 20.3 Å². The normalized spacial score (nSPS) is 12.4. The fourth-order valence-electron chi connectivity index (χ4n) is 1.29. The van der Waals surface area contributed by atoms with Gasteiger partial charge in [0.2, 0.25) is 8.32 Å². The summed E-state index contributed by atoms with van der Waals surface area (Å²) in [4.78, 5) is 22.6. The highest BCUT2D eigenvalue weighted by Gasteiger charge is 2.28. The van der Waals surface area contributed by atoms with Crippen LogP contribution in [-0.2, 0) is 23.5 Å². The fraction of sp³-hybridized carbons (Fsp3) is 0.571. The molecule has 20 heavy (non-hydrogen) atoms. The number of hydrogen-bond donors (Lipinski definition) is 0. The molecule has 1 atom stereocenters.